The molecule has 0 aliphatic rings. The van der Waals surface area contributed by atoms with E-state index in [0.717, 1.165) is 5.56 Å². The second kappa shape index (κ2) is 5.55. The zero-order chi connectivity index (χ0) is 13.0. The maximum atomic E-state index is 5.65. The van der Waals surface area contributed by atoms with Gasteiger partial charge in [-0.2, -0.15) is 5.10 Å². The third kappa shape index (κ3) is 2.81. The Bertz CT molecular complexity index is 542. The number of nitrogens with one attached hydrogen (secondary N) is 1. The van der Waals surface area contributed by atoms with Gasteiger partial charge in [-0.3, -0.25) is 0 Å². The van der Waals surface area contributed by atoms with Crippen LogP contribution in [0.5, 0.6) is 0 Å². The monoisotopic (exact) mass is 258 g/mol. The van der Waals surface area contributed by atoms with Crippen LogP contribution in [0.2, 0.25) is 0 Å². The van der Waals surface area contributed by atoms with E-state index in [0.29, 0.717) is 16.4 Å². The van der Waals surface area contributed by atoms with Crippen molar-refractivity contribution in [3.05, 3.63) is 53.7 Å². The van der Waals surface area contributed by atoms with Crippen LogP contribution >= 0.6 is 12.2 Å². The molecule has 0 spiro atoms. The van der Waals surface area contributed by atoms with Crippen molar-refractivity contribution in [2.24, 2.45) is 5.73 Å². The zero-order valence-electron chi connectivity index (χ0n) is 10.00. The van der Waals surface area contributed by atoms with Gasteiger partial charge in [0.2, 0.25) is 0 Å². The molecule has 0 fully saturated rings. The quantitative estimate of drug-likeness (QED) is 0.824. The number of aromatic nitrogens is 2. The van der Waals surface area contributed by atoms with E-state index in [4.69, 9.17) is 18.0 Å². The Balaban J connectivity index is 2.22. The normalized spacial score (nSPS) is 11.8. The van der Waals surface area contributed by atoms with Crippen molar-refractivity contribution in [1.29, 1.82) is 0 Å². The maximum Gasteiger partial charge on any atom is 0.159 e. The summed E-state index contributed by atoms with van der Waals surface area (Å²) >= 11 is 4.99. The molecule has 1 unspecified atom stereocenters. The minimum atomic E-state index is 0.107. The van der Waals surface area contributed by atoms with Gasteiger partial charge in [-0.25, -0.2) is 0 Å². The summed E-state index contributed by atoms with van der Waals surface area (Å²) in [7, 11) is 0. The molecule has 0 saturated carbocycles. The second-order valence-corrected chi connectivity index (χ2v) is 4.37. The molecule has 0 bridgehead atoms. The van der Waals surface area contributed by atoms with Gasteiger partial charge in [0, 0.05) is 0 Å². The topological polar surface area (TPSA) is 63.8 Å². The Hall–Kier alpha value is -2.01. The van der Waals surface area contributed by atoms with E-state index in [1.807, 2.05) is 25.1 Å². The molecule has 0 aliphatic carbocycles. The van der Waals surface area contributed by atoms with E-state index in [1.165, 1.54) is 0 Å². The Morgan fingerprint density at radius 1 is 1.28 bits per heavy atom. The van der Waals surface area contributed by atoms with Crippen molar-refractivity contribution in [1.82, 2.24) is 10.2 Å². The van der Waals surface area contributed by atoms with Gasteiger partial charge in [-0.05, 0) is 18.6 Å². The lowest BCUT2D eigenvalue weighted by atomic mass is 10.1. The van der Waals surface area contributed by atoms with E-state index in [1.54, 1.807) is 12.3 Å². The van der Waals surface area contributed by atoms with Gasteiger partial charge >= 0.3 is 0 Å². The van der Waals surface area contributed by atoms with Crippen LogP contribution < -0.4 is 11.1 Å². The number of thiocarbonyl (C=S) groups is 1. The molecule has 1 aromatic carbocycles. The molecule has 0 amide bonds. The number of rotatable bonds is 4. The largest absolute Gasteiger partial charge is 0.389 e. The molecule has 2 rings (SSSR count). The highest BCUT2D eigenvalue weighted by atomic mass is 32.1. The van der Waals surface area contributed by atoms with Crippen LogP contribution in [-0.4, -0.2) is 15.2 Å². The summed E-state index contributed by atoms with van der Waals surface area (Å²) in [6, 6.07) is 11.9. The first-order valence-corrected chi connectivity index (χ1v) is 6.02. The Labute approximate surface area is 111 Å². The molecule has 1 aromatic heterocycles. The summed E-state index contributed by atoms with van der Waals surface area (Å²) in [6.07, 6.45) is 1.58. The Kier molecular flexibility index (Phi) is 3.84. The standard InChI is InChI=1S/C13H14N4S/c1-9(10-5-3-2-4-6-10)16-13-11(12(14)18)7-8-15-17-13/h2-9H,1H3,(H2,14,18)(H,16,17). The van der Waals surface area contributed by atoms with Gasteiger partial charge in [0.15, 0.2) is 5.82 Å². The molecule has 0 saturated heterocycles. The van der Waals surface area contributed by atoms with Crippen LogP contribution in [0.1, 0.15) is 24.1 Å². The molecule has 18 heavy (non-hydrogen) atoms. The first kappa shape index (κ1) is 12.4. The second-order valence-electron chi connectivity index (χ2n) is 3.93. The molecular weight excluding hydrogens is 244 g/mol. The average molecular weight is 258 g/mol. The number of anilines is 1. The van der Waals surface area contributed by atoms with Crippen molar-refractivity contribution >= 4 is 23.0 Å². The van der Waals surface area contributed by atoms with Crippen molar-refractivity contribution in [3.8, 4) is 0 Å². The fourth-order valence-electron chi connectivity index (χ4n) is 1.67. The molecule has 4 nitrogen and oxygen atoms in total. The summed E-state index contributed by atoms with van der Waals surface area (Å²) in [4.78, 5) is 0.313. The fraction of sp³-hybridized carbons (Fsp3) is 0.154. The summed E-state index contributed by atoms with van der Waals surface area (Å²) in [5.74, 6) is 0.612. The van der Waals surface area contributed by atoms with Crippen molar-refractivity contribution in [2.75, 3.05) is 5.32 Å². The summed E-state index contributed by atoms with van der Waals surface area (Å²) in [5, 5.41) is 11.2. The third-order valence-corrected chi connectivity index (χ3v) is 2.86. The summed E-state index contributed by atoms with van der Waals surface area (Å²) in [6.45, 7) is 2.05. The van der Waals surface area contributed by atoms with Crippen molar-refractivity contribution in [3.63, 3.8) is 0 Å². The molecule has 1 atom stereocenters. The van der Waals surface area contributed by atoms with Gasteiger partial charge < -0.3 is 11.1 Å². The third-order valence-electron chi connectivity index (χ3n) is 2.64. The van der Waals surface area contributed by atoms with Gasteiger partial charge in [0.25, 0.3) is 0 Å². The van der Waals surface area contributed by atoms with Crippen molar-refractivity contribution in [2.45, 2.75) is 13.0 Å². The first-order chi connectivity index (χ1) is 8.68. The molecule has 0 radical (unpaired) electrons. The van der Waals surface area contributed by atoms with E-state index >= 15 is 0 Å². The van der Waals surface area contributed by atoms with E-state index in [2.05, 4.69) is 27.6 Å². The van der Waals surface area contributed by atoms with Crippen LogP contribution in [0, 0.1) is 0 Å². The first-order valence-electron chi connectivity index (χ1n) is 5.61. The number of benzene rings is 1. The van der Waals surface area contributed by atoms with Gasteiger partial charge in [-0.1, -0.05) is 42.5 Å². The minimum absolute atomic E-state index is 0.107. The lowest BCUT2D eigenvalue weighted by Gasteiger charge is -2.16. The van der Waals surface area contributed by atoms with Crippen LogP contribution in [-0.2, 0) is 0 Å². The summed E-state index contributed by atoms with van der Waals surface area (Å²) in [5.41, 5.74) is 7.53. The van der Waals surface area contributed by atoms with Gasteiger partial charge in [-0.15, -0.1) is 5.10 Å². The number of nitrogens with zero attached hydrogens (tertiary/aromatic N) is 2. The molecule has 3 N–H and O–H groups in total. The van der Waals surface area contributed by atoms with Crippen LogP contribution in [0.3, 0.4) is 0 Å². The van der Waals surface area contributed by atoms with Crippen LogP contribution in [0.25, 0.3) is 0 Å². The number of hydrogen-bond acceptors (Lipinski definition) is 4. The predicted molar refractivity (Wildman–Crippen MR) is 76.4 cm³/mol. The highest BCUT2D eigenvalue weighted by molar-refractivity contribution is 7.80. The van der Waals surface area contributed by atoms with Gasteiger partial charge in [0.05, 0.1) is 17.8 Å². The molecule has 1 heterocycles. The van der Waals surface area contributed by atoms with E-state index in [-0.39, 0.29) is 6.04 Å². The predicted octanol–water partition coefficient (Wildman–Crippen LogP) is 2.28. The average Bonchev–Trinajstić information content (AvgIpc) is 2.40. The minimum Gasteiger partial charge on any atom is -0.389 e. The van der Waals surface area contributed by atoms with E-state index in [9.17, 15) is 0 Å². The van der Waals surface area contributed by atoms with Gasteiger partial charge in [0.1, 0.15) is 4.99 Å². The maximum absolute atomic E-state index is 5.65. The molecule has 2 aromatic rings. The van der Waals surface area contributed by atoms with E-state index < -0.39 is 0 Å². The SMILES string of the molecule is CC(Nc1nnccc1C(N)=S)c1ccccc1. The Morgan fingerprint density at radius 3 is 2.67 bits per heavy atom. The Morgan fingerprint density at radius 2 is 2.00 bits per heavy atom. The molecule has 0 aliphatic heterocycles. The van der Waals surface area contributed by atoms with Crippen LogP contribution in [0.4, 0.5) is 5.82 Å². The zero-order valence-corrected chi connectivity index (χ0v) is 10.8. The molecular formula is C13H14N4S. The summed E-state index contributed by atoms with van der Waals surface area (Å²) < 4.78 is 0. The highest BCUT2D eigenvalue weighted by Gasteiger charge is 2.10. The number of hydrogen-bond donors (Lipinski definition) is 2. The lowest BCUT2D eigenvalue weighted by molar-refractivity contribution is 0.859. The molecule has 5 heteroatoms. The van der Waals surface area contributed by atoms with Crippen LogP contribution in [0.15, 0.2) is 42.6 Å². The highest BCUT2D eigenvalue weighted by Crippen LogP contribution is 2.19. The lowest BCUT2D eigenvalue weighted by Crippen LogP contribution is -2.16. The smallest absolute Gasteiger partial charge is 0.159 e. The fourth-order valence-corrected chi connectivity index (χ4v) is 1.83. The number of nitrogens with two attached hydrogens (primary N) is 1. The molecule has 92 valence electrons. The van der Waals surface area contributed by atoms with Crippen molar-refractivity contribution < 1.29 is 0 Å².